The Morgan fingerprint density at radius 3 is 2.35 bits per heavy atom. The molecular formula is C23H30BF2NO4. The number of carbonyl (C=O) groups is 1. The van der Waals surface area contributed by atoms with Crippen molar-refractivity contribution in [2.24, 2.45) is 23.7 Å². The maximum Gasteiger partial charge on any atom is 0.496 e. The summed E-state index contributed by atoms with van der Waals surface area (Å²) in [6, 6.07) is 3.70. The maximum absolute atomic E-state index is 14.6. The number of rotatable bonds is 3. The van der Waals surface area contributed by atoms with E-state index in [1.165, 1.54) is 0 Å². The van der Waals surface area contributed by atoms with Gasteiger partial charge in [0.2, 0.25) is 0 Å². The summed E-state index contributed by atoms with van der Waals surface area (Å²) in [6.07, 6.45) is 4.40. The van der Waals surface area contributed by atoms with Crippen LogP contribution in [0.4, 0.5) is 8.78 Å². The van der Waals surface area contributed by atoms with Crippen LogP contribution in [0.1, 0.15) is 53.7 Å². The Morgan fingerprint density at radius 2 is 1.77 bits per heavy atom. The van der Waals surface area contributed by atoms with Gasteiger partial charge in [-0.3, -0.25) is 9.78 Å². The molecule has 0 radical (unpaired) electrons. The average molecular weight is 433 g/mol. The lowest BCUT2D eigenvalue weighted by molar-refractivity contribution is -0.152. The van der Waals surface area contributed by atoms with Gasteiger partial charge in [-0.05, 0) is 52.7 Å². The van der Waals surface area contributed by atoms with Crippen molar-refractivity contribution in [2.45, 2.75) is 71.2 Å². The molecule has 0 aromatic carbocycles. The zero-order chi connectivity index (χ0) is 22.8. The van der Waals surface area contributed by atoms with E-state index in [-0.39, 0.29) is 12.0 Å². The average Bonchev–Trinajstić information content (AvgIpc) is 3.06. The molecule has 168 valence electrons. The van der Waals surface area contributed by atoms with Gasteiger partial charge < -0.3 is 14.0 Å². The number of allylic oxidation sites excluding steroid dienone is 1. The Hall–Kier alpha value is -1.80. The summed E-state index contributed by atoms with van der Waals surface area (Å²) < 4.78 is 46.5. The summed E-state index contributed by atoms with van der Waals surface area (Å²) in [4.78, 5) is 16.5. The minimum absolute atomic E-state index is 0.248. The Kier molecular flexibility index (Phi) is 5.33. The van der Waals surface area contributed by atoms with E-state index in [1.807, 2.05) is 39.8 Å². The number of esters is 1. The second-order valence-electron chi connectivity index (χ2n) is 10.1. The highest BCUT2D eigenvalue weighted by Gasteiger charge is 2.59. The number of halogens is 2. The van der Waals surface area contributed by atoms with Crippen LogP contribution in [-0.4, -0.2) is 41.3 Å². The van der Waals surface area contributed by atoms with E-state index in [9.17, 15) is 13.6 Å². The van der Waals surface area contributed by atoms with Crippen molar-refractivity contribution in [1.29, 1.82) is 0 Å². The molecule has 5 atom stereocenters. The van der Waals surface area contributed by atoms with Crippen molar-refractivity contribution < 1.29 is 27.6 Å². The Morgan fingerprint density at radius 1 is 1.13 bits per heavy atom. The number of pyridine rings is 1. The van der Waals surface area contributed by atoms with Crippen molar-refractivity contribution in [1.82, 2.24) is 4.98 Å². The van der Waals surface area contributed by atoms with Crippen LogP contribution in [0, 0.1) is 23.7 Å². The smallest absolute Gasteiger partial charge is 0.462 e. The van der Waals surface area contributed by atoms with Crippen LogP contribution in [0.15, 0.2) is 24.4 Å². The molecule has 0 unspecified atom stereocenters. The summed E-state index contributed by atoms with van der Waals surface area (Å²) in [5.74, 6) is -5.78. The standard InChI is InChI=1S/C23H30BF2NO4/c1-13-17(19-14(2)29-20(28)18(19)11-23(13,25)26)10-9-16-8-7-15(12-27-16)24-30-21(3,4)22(5,6)31-24/h7-10,12-14,17-19H,11H2,1-6H3/b10-9+/t13-,14+,17-,18+,19-/m0/s1. The van der Waals surface area contributed by atoms with E-state index in [2.05, 4.69) is 4.98 Å². The number of aromatic nitrogens is 1. The normalized spacial score (nSPS) is 35.9. The summed E-state index contributed by atoms with van der Waals surface area (Å²) >= 11 is 0. The monoisotopic (exact) mass is 433 g/mol. The first-order valence-electron chi connectivity index (χ1n) is 10.9. The van der Waals surface area contributed by atoms with Gasteiger partial charge in [-0.25, -0.2) is 8.78 Å². The largest absolute Gasteiger partial charge is 0.496 e. The molecule has 31 heavy (non-hydrogen) atoms. The molecule has 1 aromatic rings. The molecule has 1 aromatic heterocycles. The highest BCUT2D eigenvalue weighted by molar-refractivity contribution is 6.62. The van der Waals surface area contributed by atoms with Gasteiger partial charge in [0.05, 0.1) is 22.8 Å². The van der Waals surface area contributed by atoms with E-state index in [0.717, 1.165) is 5.46 Å². The number of fused-ring (bicyclic) bond motifs is 1. The summed E-state index contributed by atoms with van der Waals surface area (Å²) in [6.45, 7) is 11.3. The van der Waals surface area contributed by atoms with Crippen LogP contribution in [-0.2, 0) is 18.8 Å². The van der Waals surface area contributed by atoms with Crippen molar-refractivity contribution in [3.05, 3.63) is 30.1 Å². The highest BCUT2D eigenvalue weighted by atomic mass is 19.3. The van der Waals surface area contributed by atoms with Gasteiger partial charge in [-0.1, -0.05) is 19.1 Å². The number of cyclic esters (lactones) is 1. The third-order valence-corrected chi connectivity index (χ3v) is 7.62. The molecule has 8 heteroatoms. The predicted octanol–water partition coefficient (Wildman–Crippen LogP) is 3.86. The molecule has 4 rings (SSSR count). The Bertz CT molecular complexity index is 870. The number of ether oxygens (including phenoxy) is 1. The molecule has 2 aliphatic heterocycles. The van der Waals surface area contributed by atoms with Crippen molar-refractivity contribution in [2.75, 3.05) is 0 Å². The lowest BCUT2D eigenvalue weighted by Crippen LogP contribution is -2.46. The second kappa shape index (κ2) is 7.37. The van der Waals surface area contributed by atoms with Gasteiger partial charge in [0.25, 0.3) is 5.92 Å². The molecule has 0 amide bonds. The van der Waals surface area contributed by atoms with Gasteiger partial charge in [0.15, 0.2) is 0 Å². The number of alkyl halides is 2. The van der Waals surface area contributed by atoms with E-state index < -0.39 is 54.4 Å². The van der Waals surface area contributed by atoms with E-state index in [4.69, 9.17) is 14.0 Å². The van der Waals surface area contributed by atoms with Gasteiger partial charge in [0.1, 0.15) is 6.10 Å². The molecule has 0 N–H and O–H groups in total. The van der Waals surface area contributed by atoms with E-state index in [0.29, 0.717) is 5.69 Å². The summed E-state index contributed by atoms with van der Waals surface area (Å²) in [5.41, 5.74) is 0.576. The minimum atomic E-state index is -2.91. The van der Waals surface area contributed by atoms with E-state index in [1.54, 1.807) is 32.2 Å². The number of hydrogen-bond acceptors (Lipinski definition) is 5. The van der Waals surface area contributed by atoms with Crippen LogP contribution in [0.25, 0.3) is 6.08 Å². The Balaban J connectivity index is 1.52. The van der Waals surface area contributed by atoms with Gasteiger partial charge in [-0.15, -0.1) is 0 Å². The molecule has 3 aliphatic rings. The minimum Gasteiger partial charge on any atom is -0.462 e. The summed E-state index contributed by atoms with van der Waals surface area (Å²) in [7, 11) is -0.504. The first kappa shape index (κ1) is 22.4. The van der Waals surface area contributed by atoms with E-state index >= 15 is 0 Å². The highest BCUT2D eigenvalue weighted by Crippen LogP contribution is 2.52. The first-order valence-corrected chi connectivity index (χ1v) is 10.9. The van der Waals surface area contributed by atoms with Crippen LogP contribution >= 0.6 is 0 Å². The fraction of sp³-hybridized carbons (Fsp3) is 0.652. The van der Waals surface area contributed by atoms with Crippen molar-refractivity contribution in [3.63, 3.8) is 0 Å². The summed E-state index contributed by atoms with van der Waals surface area (Å²) in [5, 5.41) is 0. The molecule has 5 nitrogen and oxygen atoms in total. The van der Waals surface area contributed by atoms with Gasteiger partial charge in [-0.2, -0.15) is 0 Å². The second-order valence-corrected chi connectivity index (χ2v) is 10.1. The third kappa shape index (κ3) is 3.82. The Labute approximate surface area is 182 Å². The lowest BCUT2D eigenvalue weighted by Gasteiger charge is -2.41. The quantitative estimate of drug-likeness (QED) is 0.535. The molecule has 1 aliphatic carbocycles. The van der Waals surface area contributed by atoms with Crippen LogP contribution in [0.2, 0.25) is 0 Å². The van der Waals surface area contributed by atoms with Crippen LogP contribution < -0.4 is 5.46 Å². The number of nitrogens with zero attached hydrogens (tertiary/aromatic N) is 1. The molecule has 3 fully saturated rings. The molecule has 0 spiro atoms. The SMILES string of the molecule is C[C@H]1OC(=O)[C@@H]2CC(F)(F)[C@@H](C)[C@H](/C=C/c3ccc(B4OC(C)(C)C(C)(C)O4)cn3)[C@H]12. The molecule has 2 saturated heterocycles. The maximum atomic E-state index is 14.6. The fourth-order valence-electron chi connectivity index (χ4n) is 4.87. The third-order valence-electron chi connectivity index (χ3n) is 7.62. The lowest BCUT2D eigenvalue weighted by atomic mass is 9.64. The van der Waals surface area contributed by atoms with Crippen molar-refractivity contribution >= 4 is 24.6 Å². The molecule has 1 saturated carbocycles. The number of hydrogen-bond donors (Lipinski definition) is 0. The predicted molar refractivity (Wildman–Crippen MR) is 114 cm³/mol. The molecule has 3 heterocycles. The van der Waals surface area contributed by atoms with Crippen LogP contribution in [0.3, 0.4) is 0 Å². The fourth-order valence-corrected chi connectivity index (χ4v) is 4.87. The zero-order valence-electron chi connectivity index (χ0n) is 18.9. The van der Waals surface area contributed by atoms with Gasteiger partial charge in [0, 0.05) is 29.9 Å². The van der Waals surface area contributed by atoms with Gasteiger partial charge >= 0.3 is 13.1 Å². The van der Waals surface area contributed by atoms with Crippen LogP contribution in [0.5, 0.6) is 0 Å². The molecule has 0 bridgehead atoms. The number of carbonyl (C=O) groups excluding carboxylic acids is 1. The molecular weight excluding hydrogens is 403 g/mol. The first-order chi connectivity index (χ1) is 14.3. The topological polar surface area (TPSA) is 57.7 Å². The zero-order valence-corrected chi connectivity index (χ0v) is 18.9. The van der Waals surface area contributed by atoms with Crippen molar-refractivity contribution in [3.8, 4) is 0 Å².